The molecule has 1 aromatic heterocycles. The molecule has 0 aliphatic heterocycles. The zero-order valence-electron chi connectivity index (χ0n) is 14.5. The summed E-state index contributed by atoms with van der Waals surface area (Å²) in [6.45, 7) is 0. The largest absolute Gasteiger partial charge is 0.507 e. The van der Waals surface area contributed by atoms with Gasteiger partial charge in [0.1, 0.15) is 5.75 Å². The summed E-state index contributed by atoms with van der Waals surface area (Å²) in [5.74, 6) is 0.874. The number of nitrogens with zero attached hydrogens (tertiary/aromatic N) is 2. The van der Waals surface area contributed by atoms with E-state index in [1.807, 2.05) is 48.5 Å². The number of hydrogen-bond donors (Lipinski definition) is 1. The Balaban J connectivity index is 1.53. The molecule has 4 aromatic rings. The first kappa shape index (κ1) is 19.3. The van der Waals surface area contributed by atoms with Gasteiger partial charge in [0, 0.05) is 27.6 Å². The second kappa shape index (κ2) is 8.53. The third-order valence-electron chi connectivity index (χ3n) is 4.04. The fraction of sp³-hybridized carbons (Fsp3) is 0.0476. The maximum Gasteiger partial charge on any atom is 0.151 e. The first-order valence-corrected chi connectivity index (χ1v) is 10.9. The van der Waals surface area contributed by atoms with Gasteiger partial charge in [-0.05, 0) is 48.0 Å². The number of aliphatic imine (C=N–C) groups is 1. The van der Waals surface area contributed by atoms with E-state index in [9.17, 15) is 5.11 Å². The second-order valence-electron chi connectivity index (χ2n) is 5.94. The van der Waals surface area contributed by atoms with Gasteiger partial charge >= 0.3 is 0 Å². The molecule has 0 spiro atoms. The molecule has 0 atom stereocenters. The molecule has 4 rings (SSSR count). The normalized spacial score (nSPS) is 11.5. The van der Waals surface area contributed by atoms with Crippen molar-refractivity contribution >= 4 is 68.4 Å². The summed E-state index contributed by atoms with van der Waals surface area (Å²) < 4.78 is 2.01. The van der Waals surface area contributed by atoms with Gasteiger partial charge in [-0.1, -0.05) is 53.2 Å². The Morgan fingerprint density at radius 2 is 1.82 bits per heavy atom. The summed E-state index contributed by atoms with van der Waals surface area (Å²) in [4.78, 5) is 9.13. The van der Waals surface area contributed by atoms with Crippen molar-refractivity contribution in [2.45, 2.75) is 10.1 Å². The molecule has 0 saturated carbocycles. The average molecular weight is 445 g/mol. The second-order valence-corrected chi connectivity index (χ2v) is 9.01. The van der Waals surface area contributed by atoms with E-state index in [1.54, 1.807) is 41.4 Å². The molecule has 1 N–H and O–H groups in total. The zero-order chi connectivity index (χ0) is 19.5. The van der Waals surface area contributed by atoms with Gasteiger partial charge in [0.05, 0.1) is 15.9 Å². The molecule has 0 aliphatic rings. The van der Waals surface area contributed by atoms with Crippen LogP contribution in [0.15, 0.2) is 70.0 Å². The van der Waals surface area contributed by atoms with Crippen molar-refractivity contribution in [1.82, 2.24) is 4.98 Å². The number of phenolic OH excluding ortho intramolecular Hbond substituents is 1. The maximum absolute atomic E-state index is 9.83. The van der Waals surface area contributed by atoms with Crippen LogP contribution in [0, 0.1) is 0 Å². The fourth-order valence-corrected chi connectivity index (χ4v) is 5.42. The van der Waals surface area contributed by atoms with Crippen LogP contribution in [0.2, 0.25) is 10.0 Å². The van der Waals surface area contributed by atoms with Crippen molar-refractivity contribution in [3.05, 3.63) is 81.8 Å². The van der Waals surface area contributed by atoms with E-state index < -0.39 is 0 Å². The number of thiazole rings is 1. The molecule has 0 fully saturated rings. The molecular formula is C21H14Cl2N2OS2. The molecule has 0 amide bonds. The predicted octanol–water partition coefficient (Wildman–Crippen LogP) is 7.35. The summed E-state index contributed by atoms with van der Waals surface area (Å²) in [7, 11) is 0. The minimum absolute atomic E-state index is 0.210. The van der Waals surface area contributed by atoms with Crippen LogP contribution in [0.4, 0.5) is 5.69 Å². The Bertz CT molecular complexity index is 1150. The zero-order valence-corrected chi connectivity index (χ0v) is 17.6. The first-order chi connectivity index (χ1) is 13.6. The van der Waals surface area contributed by atoms with E-state index in [2.05, 4.69) is 9.98 Å². The van der Waals surface area contributed by atoms with Crippen LogP contribution in [0.5, 0.6) is 5.75 Å². The third kappa shape index (κ3) is 4.33. The first-order valence-electron chi connectivity index (χ1n) is 8.38. The number of rotatable bonds is 5. The highest BCUT2D eigenvalue weighted by Gasteiger charge is 2.09. The van der Waals surface area contributed by atoms with Crippen LogP contribution in [-0.2, 0) is 5.75 Å². The highest BCUT2D eigenvalue weighted by atomic mass is 35.5. The summed E-state index contributed by atoms with van der Waals surface area (Å²) in [5.41, 5.74) is 3.34. The Labute approximate surface area is 180 Å². The van der Waals surface area contributed by atoms with Gasteiger partial charge in [-0.3, -0.25) is 4.99 Å². The van der Waals surface area contributed by atoms with E-state index in [-0.39, 0.29) is 5.75 Å². The van der Waals surface area contributed by atoms with Crippen LogP contribution >= 0.6 is 46.3 Å². The molecule has 28 heavy (non-hydrogen) atoms. The average Bonchev–Trinajstić information content (AvgIpc) is 3.09. The highest BCUT2D eigenvalue weighted by Crippen LogP contribution is 2.36. The summed E-state index contributed by atoms with van der Waals surface area (Å²) in [6.07, 6.45) is 1.66. The monoisotopic (exact) mass is 444 g/mol. The van der Waals surface area contributed by atoms with Gasteiger partial charge in [-0.25, -0.2) is 4.98 Å². The Morgan fingerprint density at radius 1 is 1.04 bits per heavy atom. The molecule has 7 heteroatoms. The number of halogens is 2. The SMILES string of the molecule is Oc1ccccc1C=Nc1ccc2nc(SCc3c(Cl)cccc3Cl)sc2c1. The Hall–Kier alpha value is -2.05. The molecule has 1 heterocycles. The lowest BCUT2D eigenvalue weighted by Crippen LogP contribution is -1.84. The smallest absolute Gasteiger partial charge is 0.151 e. The van der Waals surface area contributed by atoms with Gasteiger partial charge in [-0.15, -0.1) is 11.3 Å². The Kier molecular flexibility index (Phi) is 5.87. The lowest BCUT2D eigenvalue weighted by Gasteiger charge is -2.04. The number of fused-ring (bicyclic) bond motifs is 1. The van der Waals surface area contributed by atoms with E-state index >= 15 is 0 Å². The highest BCUT2D eigenvalue weighted by molar-refractivity contribution is 8.00. The minimum atomic E-state index is 0.210. The maximum atomic E-state index is 9.83. The number of aromatic hydroxyl groups is 1. The van der Waals surface area contributed by atoms with Crippen LogP contribution in [0.25, 0.3) is 10.2 Å². The van der Waals surface area contributed by atoms with Gasteiger partial charge in [0.25, 0.3) is 0 Å². The van der Waals surface area contributed by atoms with E-state index in [0.717, 1.165) is 25.8 Å². The molecular weight excluding hydrogens is 431 g/mol. The van der Waals surface area contributed by atoms with Crippen molar-refractivity contribution < 1.29 is 5.11 Å². The quantitative estimate of drug-likeness (QED) is 0.258. The number of para-hydroxylation sites is 1. The van der Waals surface area contributed by atoms with Gasteiger partial charge in [0.2, 0.25) is 0 Å². The van der Waals surface area contributed by atoms with E-state index in [4.69, 9.17) is 23.2 Å². The van der Waals surface area contributed by atoms with Crippen LogP contribution in [-0.4, -0.2) is 16.3 Å². The number of phenols is 1. The lowest BCUT2D eigenvalue weighted by molar-refractivity contribution is 0.474. The topological polar surface area (TPSA) is 45.5 Å². The standard InChI is InChI=1S/C21H14Cl2N2OS2/c22-16-5-3-6-17(23)15(16)12-27-21-25-18-9-8-14(10-20(18)28-21)24-11-13-4-1-2-7-19(13)26/h1-11,26H,12H2. The molecule has 3 aromatic carbocycles. The molecule has 140 valence electrons. The molecule has 0 saturated heterocycles. The van der Waals surface area contributed by atoms with Crippen molar-refractivity contribution in [2.75, 3.05) is 0 Å². The molecule has 0 unspecified atom stereocenters. The number of aromatic nitrogens is 1. The summed E-state index contributed by atoms with van der Waals surface area (Å²) in [5, 5.41) is 11.2. The van der Waals surface area contributed by atoms with Crippen molar-refractivity contribution in [1.29, 1.82) is 0 Å². The van der Waals surface area contributed by atoms with Crippen LogP contribution < -0.4 is 0 Å². The van der Waals surface area contributed by atoms with E-state index in [1.165, 1.54) is 0 Å². The lowest BCUT2D eigenvalue weighted by atomic mass is 10.2. The number of thioether (sulfide) groups is 1. The van der Waals surface area contributed by atoms with Crippen molar-refractivity contribution in [3.63, 3.8) is 0 Å². The number of benzene rings is 3. The number of hydrogen-bond acceptors (Lipinski definition) is 5. The van der Waals surface area contributed by atoms with Crippen LogP contribution in [0.1, 0.15) is 11.1 Å². The fourth-order valence-electron chi connectivity index (χ4n) is 2.58. The third-order valence-corrected chi connectivity index (χ3v) is 6.94. The predicted molar refractivity (Wildman–Crippen MR) is 121 cm³/mol. The molecule has 3 nitrogen and oxygen atoms in total. The molecule has 0 aliphatic carbocycles. The van der Waals surface area contributed by atoms with Gasteiger partial charge in [0.15, 0.2) is 4.34 Å². The Morgan fingerprint density at radius 3 is 2.61 bits per heavy atom. The molecule has 0 radical (unpaired) electrons. The van der Waals surface area contributed by atoms with Crippen molar-refractivity contribution in [2.24, 2.45) is 4.99 Å². The minimum Gasteiger partial charge on any atom is -0.507 e. The summed E-state index contributed by atoms with van der Waals surface area (Å²) >= 11 is 15.7. The van der Waals surface area contributed by atoms with E-state index in [0.29, 0.717) is 21.4 Å². The van der Waals surface area contributed by atoms with Gasteiger partial charge in [-0.2, -0.15) is 0 Å². The summed E-state index contributed by atoms with van der Waals surface area (Å²) in [6, 6.07) is 18.5. The van der Waals surface area contributed by atoms with Crippen molar-refractivity contribution in [3.8, 4) is 5.75 Å². The van der Waals surface area contributed by atoms with Gasteiger partial charge < -0.3 is 5.11 Å². The van der Waals surface area contributed by atoms with Crippen LogP contribution in [0.3, 0.4) is 0 Å². The molecule has 0 bridgehead atoms.